The standard InChI is InChI=1S/C19H19FN4O2S/c1-12-17(27-11-21-12)19(25)24-8-4-5-13(10-24)9-16-22-18(23-26-16)14-6-2-3-7-15(14)20/h2-3,6-7,11,13H,4-5,8-10H2,1H3. The first-order valence-corrected chi connectivity index (χ1v) is 9.76. The van der Waals surface area contributed by atoms with Crippen molar-refractivity contribution in [3.05, 3.63) is 52.1 Å². The molecule has 6 nitrogen and oxygen atoms in total. The average Bonchev–Trinajstić information content (AvgIpc) is 3.31. The van der Waals surface area contributed by atoms with E-state index in [0.29, 0.717) is 29.3 Å². The quantitative estimate of drug-likeness (QED) is 0.683. The van der Waals surface area contributed by atoms with Gasteiger partial charge in [-0.2, -0.15) is 4.98 Å². The molecule has 0 bridgehead atoms. The highest BCUT2D eigenvalue weighted by molar-refractivity contribution is 7.11. The Bertz CT molecular complexity index is 955. The number of halogens is 1. The zero-order valence-corrected chi connectivity index (χ0v) is 15.7. The maximum atomic E-state index is 13.9. The van der Waals surface area contributed by atoms with Gasteiger partial charge in [0.1, 0.15) is 10.7 Å². The van der Waals surface area contributed by atoms with E-state index in [9.17, 15) is 9.18 Å². The van der Waals surface area contributed by atoms with Gasteiger partial charge in [-0.1, -0.05) is 17.3 Å². The number of rotatable bonds is 4. The van der Waals surface area contributed by atoms with Crippen LogP contribution in [0.15, 0.2) is 34.3 Å². The van der Waals surface area contributed by atoms with E-state index in [2.05, 4.69) is 15.1 Å². The van der Waals surface area contributed by atoms with E-state index in [1.165, 1.54) is 17.4 Å². The van der Waals surface area contributed by atoms with Gasteiger partial charge in [0.25, 0.3) is 5.91 Å². The Morgan fingerprint density at radius 2 is 2.26 bits per heavy atom. The second kappa shape index (κ2) is 7.56. The molecule has 1 saturated heterocycles. The third-order valence-electron chi connectivity index (χ3n) is 4.79. The van der Waals surface area contributed by atoms with Crippen molar-refractivity contribution in [3.8, 4) is 11.4 Å². The largest absolute Gasteiger partial charge is 0.339 e. The van der Waals surface area contributed by atoms with Gasteiger partial charge in [0.15, 0.2) is 0 Å². The molecule has 1 unspecified atom stereocenters. The van der Waals surface area contributed by atoms with Crippen LogP contribution >= 0.6 is 11.3 Å². The predicted octanol–water partition coefficient (Wildman–Crippen LogP) is 3.74. The summed E-state index contributed by atoms with van der Waals surface area (Å²) in [7, 11) is 0. The molecule has 1 fully saturated rings. The number of carbonyl (C=O) groups is 1. The summed E-state index contributed by atoms with van der Waals surface area (Å²) in [6, 6.07) is 6.36. The van der Waals surface area contributed by atoms with E-state index in [-0.39, 0.29) is 23.5 Å². The number of piperidine rings is 1. The van der Waals surface area contributed by atoms with Gasteiger partial charge in [-0.15, -0.1) is 11.3 Å². The Balaban J connectivity index is 1.44. The fourth-order valence-corrected chi connectivity index (χ4v) is 4.17. The van der Waals surface area contributed by atoms with Crippen molar-refractivity contribution in [1.82, 2.24) is 20.0 Å². The second-order valence-corrected chi connectivity index (χ2v) is 7.58. The molecular weight excluding hydrogens is 367 g/mol. The summed E-state index contributed by atoms with van der Waals surface area (Å²) >= 11 is 1.38. The van der Waals surface area contributed by atoms with Crippen LogP contribution in [-0.2, 0) is 6.42 Å². The summed E-state index contributed by atoms with van der Waals surface area (Å²) in [5.41, 5.74) is 2.80. The molecule has 0 saturated carbocycles. The monoisotopic (exact) mass is 386 g/mol. The van der Waals surface area contributed by atoms with E-state index in [1.807, 2.05) is 11.8 Å². The molecule has 1 aromatic carbocycles. The van der Waals surface area contributed by atoms with Crippen LogP contribution in [0, 0.1) is 18.7 Å². The van der Waals surface area contributed by atoms with E-state index in [1.54, 1.807) is 23.7 Å². The number of aryl methyl sites for hydroxylation is 1. The summed E-state index contributed by atoms with van der Waals surface area (Å²) in [5, 5.41) is 3.91. The highest BCUT2D eigenvalue weighted by Crippen LogP contribution is 2.25. The van der Waals surface area contributed by atoms with Gasteiger partial charge >= 0.3 is 0 Å². The van der Waals surface area contributed by atoms with E-state index >= 15 is 0 Å². The molecule has 0 N–H and O–H groups in total. The third kappa shape index (κ3) is 3.75. The molecule has 2 aromatic heterocycles. The summed E-state index contributed by atoms with van der Waals surface area (Å²) in [6.07, 6.45) is 2.50. The molecular formula is C19H19FN4O2S. The lowest BCUT2D eigenvalue weighted by Crippen LogP contribution is -2.40. The molecule has 0 radical (unpaired) electrons. The normalized spacial score (nSPS) is 17.3. The van der Waals surface area contributed by atoms with Crippen LogP contribution in [0.25, 0.3) is 11.4 Å². The fourth-order valence-electron chi connectivity index (χ4n) is 3.40. The first kappa shape index (κ1) is 17.8. The van der Waals surface area contributed by atoms with E-state index in [0.717, 1.165) is 25.1 Å². The van der Waals surface area contributed by atoms with E-state index < -0.39 is 0 Å². The molecule has 4 rings (SSSR count). The van der Waals surface area contributed by atoms with Crippen molar-refractivity contribution in [3.63, 3.8) is 0 Å². The highest BCUT2D eigenvalue weighted by atomic mass is 32.1. The van der Waals surface area contributed by atoms with Crippen molar-refractivity contribution in [2.45, 2.75) is 26.2 Å². The smallest absolute Gasteiger partial charge is 0.265 e. The highest BCUT2D eigenvalue weighted by Gasteiger charge is 2.27. The minimum Gasteiger partial charge on any atom is -0.339 e. The second-order valence-electron chi connectivity index (χ2n) is 6.72. The van der Waals surface area contributed by atoms with Crippen LogP contribution in [0.1, 0.15) is 34.1 Å². The van der Waals surface area contributed by atoms with Crippen molar-refractivity contribution < 1.29 is 13.7 Å². The molecule has 0 spiro atoms. The summed E-state index contributed by atoms with van der Waals surface area (Å²) in [4.78, 5) is 23.8. The molecule has 140 valence electrons. The van der Waals surface area contributed by atoms with Crippen LogP contribution in [-0.4, -0.2) is 39.0 Å². The zero-order chi connectivity index (χ0) is 18.8. The van der Waals surface area contributed by atoms with Gasteiger partial charge in [0.05, 0.1) is 16.8 Å². The van der Waals surface area contributed by atoms with Crippen LogP contribution in [0.5, 0.6) is 0 Å². The van der Waals surface area contributed by atoms with Crippen molar-refractivity contribution in [2.75, 3.05) is 13.1 Å². The lowest BCUT2D eigenvalue weighted by molar-refractivity contribution is 0.0672. The van der Waals surface area contributed by atoms with Crippen molar-refractivity contribution in [1.29, 1.82) is 0 Å². The lowest BCUT2D eigenvalue weighted by atomic mass is 9.94. The number of benzene rings is 1. The van der Waals surface area contributed by atoms with Gasteiger partial charge in [-0.3, -0.25) is 4.79 Å². The fraction of sp³-hybridized carbons (Fsp3) is 0.368. The number of amides is 1. The molecule has 27 heavy (non-hydrogen) atoms. The maximum absolute atomic E-state index is 13.9. The zero-order valence-electron chi connectivity index (χ0n) is 14.9. The van der Waals surface area contributed by atoms with Crippen molar-refractivity contribution in [2.24, 2.45) is 5.92 Å². The Labute approximate surface area is 160 Å². The first-order chi connectivity index (χ1) is 13.1. The Hall–Kier alpha value is -2.61. The number of hydrogen-bond acceptors (Lipinski definition) is 6. The lowest BCUT2D eigenvalue weighted by Gasteiger charge is -2.32. The van der Waals surface area contributed by atoms with Gasteiger partial charge < -0.3 is 9.42 Å². The summed E-state index contributed by atoms with van der Waals surface area (Å²) in [6.45, 7) is 3.25. The molecule has 3 heterocycles. The first-order valence-electron chi connectivity index (χ1n) is 8.88. The average molecular weight is 386 g/mol. The molecule has 0 aliphatic carbocycles. The molecule has 1 aliphatic rings. The molecule has 3 aromatic rings. The minimum absolute atomic E-state index is 0.0391. The van der Waals surface area contributed by atoms with Crippen LogP contribution in [0.3, 0.4) is 0 Å². The number of thiazole rings is 1. The maximum Gasteiger partial charge on any atom is 0.265 e. The Morgan fingerprint density at radius 3 is 3.04 bits per heavy atom. The van der Waals surface area contributed by atoms with Crippen molar-refractivity contribution >= 4 is 17.2 Å². The molecule has 1 atom stereocenters. The number of hydrogen-bond donors (Lipinski definition) is 0. The number of likely N-dealkylation sites (tertiary alicyclic amines) is 1. The third-order valence-corrected chi connectivity index (χ3v) is 5.71. The van der Waals surface area contributed by atoms with Gasteiger partial charge in [0.2, 0.25) is 11.7 Å². The topological polar surface area (TPSA) is 72.1 Å². The van der Waals surface area contributed by atoms with Crippen LogP contribution in [0.4, 0.5) is 4.39 Å². The number of aromatic nitrogens is 3. The van der Waals surface area contributed by atoms with Crippen LogP contribution in [0.2, 0.25) is 0 Å². The number of nitrogens with zero attached hydrogens (tertiary/aromatic N) is 4. The predicted molar refractivity (Wildman–Crippen MR) is 98.9 cm³/mol. The SMILES string of the molecule is Cc1ncsc1C(=O)N1CCCC(Cc2nc(-c3ccccc3F)no2)C1. The Kier molecular flexibility index (Phi) is 4.98. The minimum atomic E-state index is -0.376. The van der Waals surface area contributed by atoms with Gasteiger partial charge in [-0.25, -0.2) is 9.37 Å². The summed E-state index contributed by atoms with van der Waals surface area (Å²) < 4.78 is 19.2. The molecule has 1 amide bonds. The van der Waals surface area contributed by atoms with Gasteiger partial charge in [-0.05, 0) is 37.8 Å². The molecule has 8 heteroatoms. The van der Waals surface area contributed by atoms with Crippen LogP contribution < -0.4 is 0 Å². The summed E-state index contributed by atoms with van der Waals surface area (Å²) in [5.74, 6) is 0.634. The number of carbonyl (C=O) groups excluding carboxylic acids is 1. The van der Waals surface area contributed by atoms with Gasteiger partial charge in [0, 0.05) is 19.5 Å². The van der Waals surface area contributed by atoms with E-state index in [4.69, 9.17) is 4.52 Å². The Morgan fingerprint density at radius 1 is 1.41 bits per heavy atom. The molecule has 1 aliphatic heterocycles.